The van der Waals surface area contributed by atoms with Gasteiger partial charge in [0.15, 0.2) is 5.92 Å². The van der Waals surface area contributed by atoms with Crippen LogP contribution in [0.1, 0.15) is 17.0 Å². The van der Waals surface area contributed by atoms with E-state index in [9.17, 15) is 65.9 Å². The van der Waals surface area contributed by atoms with Gasteiger partial charge in [-0.3, -0.25) is 0 Å². The number of halogens is 15. The van der Waals surface area contributed by atoms with Gasteiger partial charge in [0.2, 0.25) is 0 Å². The third kappa shape index (κ3) is 5.23. The number of benzene rings is 2. The van der Waals surface area contributed by atoms with Crippen LogP contribution in [0.5, 0.6) is 11.5 Å². The Hall–Kier alpha value is -3.01. The molecule has 0 spiro atoms. The Balaban J connectivity index is 2.53. The van der Waals surface area contributed by atoms with Crippen LogP contribution in [0.15, 0.2) is 42.5 Å². The number of nitrogen functional groups attached to an aromatic ring is 1. The molecule has 0 heterocycles. The van der Waals surface area contributed by atoms with E-state index in [1.54, 1.807) is 0 Å². The van der Waals surface area contributed by atoms with E-state index in [-0.39, 0.29) is 24.3 Å². The van der Waals surface area contributed by atoms with Crippen molar-refractivity contribution in [3.05, 3.63) is 53.6 Å². The van der Waals surface area contributed by atoms with Crippen molar-refractivity contribution in [2.45, 2.75) is 42.2 Å². The van der Waals surface area contributed by atoms with Gasteiger partial charge in [0.25, 0.3) is 0 Å². The van der Waals surface area contributed by atoms with Crippen molar-refractivity contribution in [3.8, 4) is 11.5 Å². The maximum atomic E-state index is 14.4. The van der Waals surface area contributed by atoms with Gasteiger partial charge in [0.1, 0.15) is 11.5 Å². The monoisotopic (exact) mass is 553 g/mol. The molecule has 0 aromatic heterocycles. The summed E-state index contributed by atoms with van der Waals surface area (Å²) in [6.07, 6.45) is -18.7. The van der Waals surface area contributed by atoms with Gasteiger partial charge in [-0.25, -0.2) is 0 Å². The summed E-state index contributed by atoms with van der Waals surface area (Å²) in [5.74, 6) is -27.0. The molecule has 2 nitrogen and oxygen atoms in total. The third-order valence-corrected chi connectivity index (χ3v) is 4.58. The molecule has 0 radical (unpaired) electrons. The van der Waals surface area contributed by atoms with E-state index < -0.39 is 70.5 Å². The lowest BCUT2D eigenvalue weighted by Gasteiger charge is -2.34. The van der Waals surface area contributed by atoms with E-state index in [0.29, 0.717) is 18.2 Å². The number of hydrogen-bond acceptors (Lipinski definition) is 2. The maximum Gasteiger partial charge on any atom is 0.460 e. The minimum atomic E-state index is -7.24. The van der Waals surface area contributed by atoms with Crippen LogP contribution < -0.4 is 10.5 Å². The average molecular weight is 553 g/mol. The second-order valence-electron chi connectivity index (χ2n) is 7.16. The van der Waals surface area contributed by atoms with E-state index in [0.717, 1.165) is 0 Å². The van der Waals surface area contributed by atoms with Gasteiger partial charge in [-0.15, -0.1) is 0 Å². The van der Waals surface area contributed by atoms with E-state index in [1.807, 2.05) is 0 Å². The molecule has 0 amide bonds. The van der Waals surface area contributed by atoms with Crippen LogP contribution in [0.2, 0.25) is 0 Å². The summed E-state index contributed by atoms with van der Waals surface area (Å²) in [4.78, 5) is 0. The van der Waals surface area contributed by atoms with Gasteiger partial charge in [0, 0.05) is 11.8 Å². The van der Waals surface area contributed by atoms with Crippen molar-refractivity contribution in [1.82, 2.24) is 0 Å². The molecule has 0 aliphatic carbocycles. The van der Waals surface area contributed by atoms with Crippen molar-refractivity contribution in [2.24, 2.45) is 0 Å². The summed E-state index contributed by atoms with van der Waals surface area (Å²) in [6.45, 7) is 0. The molecule has 0 unspecified atom stereocenters. The van der Waals surface area contributed by atoms with Crippen LogP contribution in [0.25, 0.3) is 0 Å². The third-order valence-electron chi connectivity index (χ3n) is 4.58. The molecule has 2 aromatic carbocycles. The summed E-state index contributed by atoms with van der Waals surface area (Å²) in [5.41, 5.74) is 1.06. The molecule has 36 heavy (non-hydrogen) atoms. The fourth-order valence-corrected chi connectivity index (χ4v) is 2.85. The molecule has 2 N–H and O–H groups in total. The van der Waals surface area contributed by atoms with Gasteiger partial charge in [0.05, 0.1) is 5.56 Å². The molecule has 202 valence electrons. The standard InChI is InChI=1S/C19H10F15NO/c20-14(21,17(28,29)18(30,31)19(32,33)34)11-6-3-9(35)7-12(11)36-10-4-1-8(2-5-10)13(15(22,23)24)16(25,26)27/h1-7,13H,35H2. The highest BCUT2D eigenvalue weighted by Gasteiger charge is 2.82. The zero-order valence-electron chi connectivity index (χ0n) is 16.8. The molecular formula is C19H10F15NO. The number of hydrogen-bond donors (Lipinski definition) is 1. The first-order valence-electron chi connectivity index (χ1n) is 8.96. The lowest BCUT2D eigenvalue weighted by molar-refractivity contribution is -0.399. The fourth-order valence-electron chi connectivity index (χ4n) is 2.85. The van der Waals surface area contributed by atoms with Crippen molar-refractivity contribution in [1.29, 1.82) is 0 Å². The van der Waals surface area contributed by atoms with Gasteiger partial charge in [-0.05, 0) is 29.8 Å². The Bertz CT molecular complexity index is 1050. The van der Waals surface area contributed by atoms with Crippen LogP contribution in [0.3, 0.4) is 0 Å². The largest absolute Gasteiger partial charge is 0.460 e. The molecular weight excluding hydrogens is 543 g/mol. The van der Waals surface area contributed by atoms with E-state index in [1.165, 1.54) is 0 Å². The summed E-state index contributed by atoms with van der Waals surface area (Å²) in [5, 5.41) is 0. The van der Waals surface area contributed by atoms with Crippen LogP contribution in [0, 0.1) is 0 Å². The Morgan fingerprint density at radius 3 is 1.50 bits per heavy atom. The van der Waals surface area contributed by atoms with Crippen LogP contribution in [-0.4, -0.2) is 30.4 Å². The van der Waals surface area contributed by atoms with E-state index in [4.69, 9.17) is 10.5 Å². The van der Waals surface area contributed by atoms with Crippen molar-refractivity contribution < 1.29 is 70.6 Å². The van der Waals surface area contributed by atoms with Crippen molar-refractivity contribution in [2.75, 3.05) is 5.73 Å². The minimum absolute atomic E-state index is 0.0667. The number of rotatable bonds is 6. The second-order valence-corrected chi connectivity index (χ2v) is 7.16. The first-order valence-corrected chi connectivity index (χ1v) is 8.96. The Morgan fingerprint density at radius 1 is 0.611 bits per heavy atom. The Kier molecular flexibility index (Phi) is 7.17. The topological polar surface area (TPSA) is 35.2 Å². The predicted molar refractivity (Wildman–Crippen MR) is 92.1 cm³/mol. The molecule has 0 fully saturated rings. The normalized spacial score (nSPS) is 14.3. The number of nitrogens with two attached hydrogens (primary N) is 1. The van der Waals surface area contributed by atoms with Gasteiger partial charge in [-0.2, -0.15) is 65.9 Å². The van der Waals surface area contributed by atoms with E-state index >= 15 is 0 Å². The maximum absolute atomic E-state index is 14.4. The smallest absolute Gasteiger partial charge is 0.457 e. The molecule has 0 saturated heterocycles. The zero-order chi connectivity index (χ0) is 28.1. The quantitative estimate of drug-likeness (QED) is 0.289. The number of ether oxygens (including phenoxy) is 1. The SMILES string of the molecule is Nc1ccc(C(F)(F)C(F)(F)C(F)(F)C(F)(F)F)c(Oc2ccc(C(C(F)(F)F)C(F)(F)F)cc2)c1. The summed E-state index contributed by atoms with van der Waals surface area (Å²) in [7, 11) is 0. The lowest BCUT2D eigenvalue weighted by atomic mass is 9.95. The van der Waals surface area contributed by atoms with Gasteiger partial charge >= 0.3 is 36.3 Å². The minimum Gasteiger partial charge on any atom is -0.457 e. The molecule has 0 bridgehead atoms. The highest BCUT2D eigenvalue weighted by molar-refractivity contribution is 5.52. The van der Waals surface area contributed by atoms with Crippen molar-refractivity contribution in [3.63, 3.8) is 0 Å². The lowest BCUT2D eigenvalue weighted by Crippen LogP contribution is -2.59. The van der Waals surface area contributed by atoms with Crippen molar-refractivity contribution >= 4 is 5.69 Å². The van der Waals surface area contributed by atoms with E-state index in [2.05, 4.69) is 0 Å². The highest BCUT2D eigenvalue weighted by atomic mass is 19.4. The van der Waals surface area contributed by atoms with Crippen LogP contribution >= 0.6 is 0 Å². The number of anilines is 1. The van der Waals surface area contributed by atoms with Gasteiger partial charge in [-0.1, -0.05) is 12.1 Å². The molecule has 17 heteroatoms. The van der Waals surface area contributed by atoms with Gasteiger partial charge < -0.3 is 10.5 Å². The molecule has 2 rings (SSSR count). The molecule has 0 aliphatic heterocycles. The average Bonchev–Trinajstić information content (AvgIpc) is 2.66. The predicted octanol–water partition coefficient (Wildman–Crippen LogP) is 8.19. The molecule has 0 aliphatic rings. The Morgan fingerprint density at radius 2 is 1.08 bits per heavy atom. The first-order chi connectivity index (χ1) is 15.9. The van der Waals surface area contributed by atoms with Crippen LogP contribution in [0.4, 0.5) is 71.5 Å². The van der Waals surface area contributed by atoms with Crippen LogP contribution in [-0.2, 0) is 5.92 Å². The second kappa shape index (κ2) is 8.83. The first kappa shape index (κ1) is 29.2. The molecule has 2 aromatic rings. The Labute approximate surface area is 190 Å². The zero-order valence-corrected chi connectivity index (χ0v) is 16.8. The summed E-state index contributed by atoms with van der Waals surface area (Å²) < 4.78 is 202. The molecule has 0 saturated carbocycles. The highest BCUT2D eigenvalue weighted by Crippen LogP contribution is 2.58. The summed E-state index contributed by atoms with van der Waals surface area (Å²) >= 11 is 0. The summed E-state index contributed by atoms with van der Waals surface area (Å²) in [6, 6.07) is 1.73. The fraction of sp³-hybridized carbons (Fsp3) is 0.368. The molecule has 0 atom stereocenters. The number of alkyl halides is 15.